The van der Waals surface area contributed by atoms with Gasteiger partial charge in [0, 0.05) is 17.1 Å². The number of carboxylic acid groups (broad SMARTS) is 2. The van der Waals surface area contributed by atoms with E-state index in [2.05, 4.69) is 15.9 Å². The minimum atomic E-state index is -1.19. The van der Waals surface area contributed by atoms with Gasteiger partial charge in [0.25, 0.3) is 5.69 Å². The highest BCUT2D eigenvalue weighted by atomic mass is 79.9. The van der Waals surface area contributed by atoms with Crippen LogP contribution in [0.1, 0.15) is 12.8 Å². The molecule has 2 unspecified atom stereocenters. The van der Waals surface area contributed by atoms with Gasteiger partial charge >= 0.3 is 11.9 Å². The Morgan fingerprint density at radius 3 is 2.55 bits per heavy atom. The van der Waals surface area contributed by atoms with Crippen molar-refractivity contribution in [2.24, 2.45) is 5.92 Å². The van der Waals surface area contributed by atoms with Gasteiger partial charge in [-0.1, -0.05) is 15.9 Å². The quantitative estimate of drug-likeness (QED) is 0.612. The Bertz CT molecular complexity index is 635. The van der Waals surface area contributed by atoms with Crippen molar-refractivity contribution in [3.8, 4) is 0 Å². The van der Waals surface area contributed by atoms with Crippen molar-refractivity contribution in [2.45, 2.75) is 18.9 Å². The zero-order valence-corrected chi connectivity index (χ0v) is 12.9. The predicted octanol–water partition coefficient (Wildman–Crippen LogP) is 2.11. The topological polar surface area (TPSA) is 121 Å². The van der Waals surface area contributed by atoms with Gasteiger partial charge in [0.05, 0.1) is 10.8 Å². The van der Waals surface area contributed by atoms with Gasteiger partial charge in [0.2, 0.25) is 0 Å². The monoisotopic (exact) mass is 372 g/mol. The fraction of sp³-hybridized carbons (Fsp3) is 0.385. The molecule has 0 saturated carbocycles. The number of nitro groups is 1. The van der Waals surface area contributed by atoms with Gasteiger partial charge in [-0.15, -0.1) is 0 Å². The van der Waals surface area contributed by atoms with Crippen LogP contribution >= 0.6 is 15.9 Å². The number of hydrogen-bond acceptors (Lipinski definition) is 5. The summed E-state index contributed by atoms with van der Waals surface area (Å²) in [4.78, 5) is 34.5. The second kappa shape index (κ2) is 6.30. The molecule has 0 radical (unpaired) electrons. The van der Waals surface area contributed by atoms with Crippen molar-refractivity contribution in [2.75, 3.05) is 11.4 Å². The number of benzene rings is 1. The molecule has 118 valence electrons. The third kappa shape index (κ3) is 3.19. The molecule has 0 amide bonds. The Morgan fingerprint density at radius 2 is 2.00 bits per heavy atom. The SMILES string of the molecule is O=C(O)C1CCN(c2ccc(Br)cc2[N+](=O)[O-])C(C(=O)O)C1. The van der Waals surface area contributed by atoms with E-state index in [4.69, 9.17) is 5.11 Å². The second-order valence-corrected chi connectivity index (χ2v) is 5.91. The van der Waals surface area contributed by atoms with Gasteiger partial charge in [-0.25, -0.2) is 4.79 Å². The lowest BCUT2D eigenvalue weighted by atomic mass is 9.90. The second-order valence-electron chi connectivity index (χ2n) is 5.00. The first-order chi connectivity index (χ1) is 10.3. The van der Waals surface area contributed by atoms with Crippen molar-refractivity contribution in [3.63, 3.8) is 0 Å². The number of carbonyl (C=O) groups is 2. The summed E-state index contributed by atoms with van der Waals surface area (Å²) < 4.78 is 0.509. The normalized spacial score (nSPS) is 21.4. The lowest BCUT2D eigenvalue weighted by molar-refractivity contribution is -0.384. The number of halogens is 1. The zero-order valence-electron chi connectivity index (χ0n) is 11.3. The van der Waals surface area contributed by atoms with Crippen LogP contribution in [0.2, 0.25) is 0 Å². The Kier molecular flexibility index (Phi) is 4.65. The molecule has 9 heteroatoms. The molecule has 0 aliphatic carbocycles. The smallest absolute Gasteiger partial charge is 0.326 e. The minimum Gasteiger partial charge on any atom is -0.481 e. The van der Waals surface area contributed by atoms with Crippen LogP contribution < -0.4 is 4.90 Å². The largest absolute Gasteiger partial charge is 0.481 e. The molecule has 1 aliphatic rings. The number of nitrogens with zero attached hydrogens (tertiary/aromatic N) is 2. The van der Waals surface area contributed by atoms with E-state index < -0.39 is 28.8 Å². The number of rotatable bonds is 4. The van der Waals surface area contributed by atoms with E-state index in [1.54, 1.807) is 6.07 Å². The van der Waals surface area contributed by atoms with E-state index >= 15 is 0 Å². The van der Waals surface area contributed by atoms with Crippen LogP contribution in [0.25, 0.3) is 0 Å². The first-order valence-corrected chi connectivity index (χ1v) is 7.26. The molecule has 1 saturated heterocycles. The predicted molar refractivity (Wildman–Crippen MR) is 79.9 cm³/mol. The van der Waals surface area contributed by atoms with Crippen LogP contribution in [0.3, 0.4) is 0 Å². The van der Waals surface area contributed by atoms with E-state index in [9.17, 15) is 24.8 Å². The average molecular weight is 373 g/mol. The lowest BCUT2D eigenvalue weighted by Crippen LogP contribution is -2.49. The maximum Gasteiger partial charge on any atom is 0.326 e. The average Bonchev–Trinajstić information content (AvgIpc) is 2.46. The highest BCUT2D eigenvalue weighted by Gasteiger charge is 2.38. The molecule has 22 heavy (non-hydrogen) atoms. The molecule has 1 fully saturated rings. The van der Waals surface area contributed by atoms with Gasteiger partial charge in [-0.2, -0.15) is 0 Å². The number of carboxylic acids is 2. The summed E-state index contributed by atoms with van der Waals surface area (Å²) >= 11 is 3.14. The first kappa shape index (κ1) is 16.2. The molecule has 1 heterocycles. The fourth-order valence-electron chi connectivity index (χ4n) is 2.60. The van der Waals surface area contributed by atoms with Crippen molar-refractivity contribution >= 4 is 39.2 Å². The Labute approximate surface area is 133 Å². The van der Waals surface area contributed by atoms with Crippen molar-refractivity contribution in [1.29, 1.82) is 0 Å². The Balaban J connectivity index is 2.41. The molecular weight excluding hydrogens is 360 g/mol. The summed E-state index contributed by atoms with van der Waals surface area (Å²) in [5, 5.41) is 29.6. The van der Waals surface area contributed by atoms with Crippen molar-refractivity contribution in [3.05, 3.63) is 32.8 Å². The number of aliphatic carboxylic acids is 2. The van der Waals surface area contributed by atoms with E-state index in [1.165, 1.54) is 17.0 Å². The molecule has 1 aromatic carbocycles. The molecule has 0 aromatic heterocycles. The summed E-state index contributed by atoms with van der Waals surface area (Å²) in [6, 6.07) is 3.26. The summed E-state index contributed by atoms with van der Waals surface area (Å²) in [7, 11) is 0. The van der Waals surface area contributed by atoms with Crippen LogP contribution in [-0.2, 0) is 9.59 Å². The Hall–Kier alpha value is -2.16. The molecule has 2 rings (SSSR count). The molecule has 0 spiro atoms. The Morgan fingerprint density at radius 1 is 1.32 bits per heavy atom. The maximum absolute atomic E-state index is 11.4. The van der Waals surface area contributed by atoms with E-state index in [0.29, 0.717) is 4.47 Å². The van der Waals surface area contributed by atoms with Crippen molar-refractivity contribution < 1.29 is 24.7 Å². The van der Waals surface area contributed by atoms with E-state index in [1.807, 2.05) is 0 Å². The highest BCUT2D eigenvalue weighted by Crippen LogP contribution is 2.36. The van der Waals surface area contributed by atoms with Crippen molar-refractivity contribution in [1.82, 2.24) is 0 Å². The number of anilines is 1. The molecule has 1 aromatic rings. The third-order valence-corrected chi connectivity index (χ3v) is 4.17. The molecule has 8 nitrogen and oxygen atoms in total. The standard InChI is InChI=1S/C13H13BrN2O6/c14-8-1-2-9(10(6-8)16(21)22)15-4-3-7(12(17)18)5-11(15)13(19)20/h1-2,6-7,11H,3-5H2,(H,17,18)(H,19,20). The highest BCUT2D eigenvalue weighted by molar-refractivity contribution is 9.10. The van der Waals surface area contributed by atoms with Gasteiger partial charge in [0.1, 0.15) is 11.7 Å². The molecular formula is C13H13BrN2O6. The molecule has 2 N–H and O–H groups in total. The zero-order chi connectivity index (χ0) is 16.4. The number of nitro benzene ring substituents is 1. The van der Waals surface area contributed by atoms with Crippen LogP contribution in [0.4, 0.5) is 11.4 Å². The first-order valence-electron chi connectivity index (χ1n) is 6.47. The van der Waals surface area contributed by atoms with Crippen LogP contribution in [0.15, 0.2) is 22.7 Å². The van der Waals surface area contributed by atoms with Gasteiger partial charge < -0.3 is 15.1 Å². The van der Waals surface area contributed by atoms with Crippen LogP contribution in [0, 0.1) is 16.0 Å². The molecule has 1 aliphatic heterocycles. The fourth-order valence-corrected chi connectivity index (χ4v) is 2.95. The summed E-state index contributed by atoms with van der Waals surface area (Å²) in [6.07, 6.45) is 0.157. The van der Waals surface area contributed by atoms with E-state index in [-0.39, 0.29) is 30.8 Å². The van der Waals surface area contributed by atoms with E-state index in [0.717, 1.165) is 0 Å². The van der Waals surface area contributed by atoms with Gasteiger partial charge in [-0.3, -0.25) is 14.9 Å². The third-order valence-electron chi connectivity index (χ3n) is 3.68. The van der Waals surface area contributed by atoms with Crippen LogP contribution in [0.5, 0.6) is 0 Å². The van der Waals surface area contributed by atoms with Gasteiger partial charge in [0.15, 0.2) is 0 Å². The number of piperidine rings is 1. The summed E-state index contributed by atoms with van der Waals surface area (Å²) in [5.74, 6) is -2.99. The van der Waals surface area contributed by atoms with Crippen LogP contribution in [-0.4, -0.2) is 39.7 Å². The summed E-state index contributed by atoms with van der Waals surface area (Å²) in [5.41, 5.74) is -0.0289. The lowest BCUT2D eigenvalue weighted by Gasteiger charge is -2.37. The number of hydrogen-bond donors (Lipinski definition) is 2. The van der Waals surface area contributed by atoms with Gasteiger partial charge in [-0.05, 0) is 25.0 Å². The minimum absolute atomic E-state index is 0.0854. The summed E-state index contributed by atoms with van der Waals surface area (Å²) in [6.45, 7) is 0.135. The molecule has 2 atom stereocenters. The molecule has 0 bridgehead atoms. The maximum atomic E-state index is 11.4.